The number of nitrogens with one attached hydrogen (secondary N) is 12. The third-order valence-electron chi connectivity index (χ3n) is 22.4. The minimum atomic E-state index is -1.90. The summed E-state index contributed by atoms with van der Waals surface area (Å²) < 4.78 is 36.9. The first kappa shape index (κ1) is 81.3. The second-order valence-electron chi connectivity index (χ2n) is 30.1. The molecule has 17 atom stereocenters. The molecule has 28 nitrogen and oxygen atoms in total. The number of benzene rings is 2. The Morgan fingerprint density at radius 3 is 1.82 bits per heavy atom. The van der Waals surface area contributed by atoms with Gasteiger partial charge in [-0.1, -0.05) is 42.5 Å². The number of amides is 10. The normalized spacial score (nSPS) is 33.5. The number of ether oxygens (including phenoxy) is 1. The van der Waals surface area contributed by atoms with Crippen LogP contribution >= 0.6 is 23.5 Å². The van der Waals surface area contributed by atoms with Gasteiger partial charge in [0.15, 0.2) is 0 Å². The molecule has 106 heavy (non-hydrogen) atoms. The Hall–Kier alpha value is -7.23. The van der Waals surface area contributed by atoms with Crippen LogP contribution in [0.25, 0.3) is 0 Å². The number of nitrogens with two attached hydrogens (primary N) is 2. The van der Waals surface area contributed by atoms with E-state index in [0.717, 1.165) is 16.9 Å². The van der Waals surface area contributed by atoms with Gasteiger partial charge in [-0.05, 0) is 194 Å². The summed E-state index contributed by atoms with van der Waals surface area (Å²) in [4.78, 5) is 160. The van der Waals surface area contributed by atoms with Gasteiger partial charge in [0, 0.05) is 67.3 Å². The zero-order chi connectivity index (χ0) is 75.2. The van der Waals surface area contributed by atoms with Crippen molar-refractivity contribution in [3.05, 3.63) is 65.7 Å². The molecule has 2 aromatic rings. The van der Waals surface area contributed by atoms with E-state index in [1.807, 2.05) is 54.6 Å². The second kappa shape index (κ2) is 40.3. The zero-order valence-corrected chi connectivity index (χ0v) is 61.9. The largest absolute Gasteiger partial charge is 0.490 e. The van der Waals surface area contributed by atoms with Crippen LogP contribution in [0, 0.1) is 29.6 Å². The Morgan fingerprint density at radius 2 is 1.20 bits per heavy atom. The Kier molecular flexibility index (Phi) is 30.9. The molecule has 584 valence electrons. The number of halogens is 2. The number of nitrogens with zero attached hydrogens (tertiary/aromatic N) is 1. The SMILES string of the molecule is NCCCC[C@@H]1NC(=O)CCSCc2cccc(c2)CSC[C@@H](C(N)=O)NC(=O)[C@@H]2CCCN2C(=O)[C@H](CC2CCC(Oc3ccccc3)CC2)NC(=O)[C@H](CC2CNCN2)NC(=O)[C@H](CC(=O)O)NC(=O)[C@H](CC2CNC3CCC(F)CC23)NC(=O)[C@H](CC2CNC3CCC(F)CC23)NC(=O)CNC1=O. The highest BCUT2D eigenvalue weighted by molar-refractivity contribution is 7.98. The van der Waals surface area contributed by atoms with Crippen LogP contribution < -0.4 is 80.0 Å². The number of thioether (sulfide) groups is 2. The predicted molar refractivity (Wildman–Crippen MR) is 395 cm³/mol. The standard InChI is InChI=1S/C74H109F2N15O13S2/c75-47-16-20-54-52(30-47)45(34-80-54)28-57-69(98)86-58(29-46-35-81-55-21-17-48(76)31-53(46)55)70(99)88-60(33-66(94)95)72(101)87-59(32-49-36-79-41-83-49)71(100)89-61(27-42-14-18-51(19-15-42)104-50-10-2-1-3-11-50)74(103)91-24-7-13-63(91)73(102)90-62(67(78)96)40-106-39-44-9-6-8-43(26-44)38-105-25-22-64(92)84-56(12-4-5-23-77)68(97)82-37-65(93)85-57/h1-3,6,8-11,26,42,45-49,51-63,79-81,83H,4-5,7,12-25,27-41,77H2,(H2,78,96)(H,82,97)(H,84,92)(H,85,93)(H,86,98)(H,87,101)(H,88,99)(H,89,100)(H,90,102)(H,94,95)/t42?,45?,46?,47?,48?,49?,51?,52?,53?,54?,55?,56-,57-,58-,59-,60-,61-,62-,63-/m0/s1. The third kappa shape index (κ3) is 23.9. The fourth-order valence-corrected chi connectivity index (χ4v) is 18.7. The number of hydrogen-bond acceptors (Lipinski definition) is 19. The summed E-state index contributed by atoms with van der Waals surface area (Å²) >= 11 is 2.87. The fourth-order valence-electron chi connectivity index (χ4n) is 16.8. The number of primary amides is 1. The minimum absolute atomic E-state index is 0.0400. The Morgan fingerprint density at radius 1 is 0.594 bits per heavy atom. The van der Waals surface area contributed by atoms with Gasteiger partial charge in [-0.2, -0.15) is 23.5 Å². The maximum atomic E-state index is 15.4. The van der Waals surface area contributed by atoms with Gasteiger partial charge in [0.1, 0.15) is 66.4 Å². The molecule has 3 saturated carbocycles. The molecule has 8 aliphatic rings. The number of alkyl halides is 2. The highest BCUT2D eigenvalue weighted by atomic mass is 32.2. The number of rotatable bonds is 17. The van der Waals surface area contributed by atoms with E-state index >= 15 is 32.8 Å². The lowest BCUT2D eigenvalue weighted by Crippen LogP contribution is -2.61. The van der Waals surface area contributed by atoms with Gasteiger partial charge in [0.05, 0.1) is 19.1 Å². The summed E-state index contributed by atoms with van der Waals surface area (Å²) in [7, 11) is 0. The van der Waals surface area contributed by atoms with Crippen LogP contribution in [0.3, 0.4) is 0 Å². The molecule has 32 heteroatoms. The Bertz CT molecular complexity index is 3340. The number of aliphatic carboxylic acids is 1. The van der Waals surface area contributed by atoms with E-state index < -0.39 is 151 Å². The summed E-state index contributed by atoms with van der Waals surface area (Å²) in [5.74, 6) is -8.39. The highest BCUT2D eigenvalue weighted by Crippen LogP contribution is 2.40. The number of carboxylic acid groups (broad SMARTS) is 1. The number of unbranched alkanes of at least 4 members (excludes halogenated alkanes) is 1. The fraction of sp³-hybridized carbons (Fsp3) is 0.689. The molecule has 0 spiro atoms. The van der Waals surface area contributed by atoms with Crippen molar-refractivity contribution in [1.29, 1.82) is 0 Å². The number of para-hydroxylation sites is 1. The van der Waals surface area contributed by atoms with E-state index in [-0.39, 0.29) is 112 Å². The lowest BCUT2D eigenvalue weighted by Gasteiger charge is -2.34. The molecule has 2 aromatic carbocycles. The first-order chi connectivity index (χ1) is 51.1. The number of carbonyl (C=O) groups excluding carboxylic acids is 10. The molecule has 3 aliphatic carbocycles. The monoisotopic (exact) mass is 1520 g/mol. The van der Waals surface area contributed by atoms with Gasteiger partial charge in [0.25, 0.3) is 0 Å². The molecule has 4 saturated heterocycles. The van der Waals surface area contributed by atoms with E-state index in [0.29, 0.717) is 121 Å². The number of carboxylic acids is 1. The predicted octanol–water partition coefficient (Wildman–Crippen LogP) is 1.32. The molecule has 17 N–H and O–H groups in total. The van der Waals surface area contributed by atoms with Crippen molar-refractivity contribution in [2.24, 2.45) is 41.1 Å². The molecule has 5 aliphatic heterocycles. The summed E-state index contributed by atoms with van der Waals surface area (Å²) in [6.45, 7) is 1.19. The van der Waals surface area contributed by atoms with Crippen LogP contribution in [0.2, 0.25) is 0 Å². The first-order valence-corrected chi connectivity index (χ1v) is 40.5. The second-order valence-corrected chi connectivity index (χ2v) is 32.3. The summed E-state index contributed by atoms with van der Waals surface area (Å²) in [6, 6.07) is 5.71. The molecule has 10 amide bonds. The van der Waals surface area contributed by atoms with Gasteiger partial charge < -0.3 is 90.0 Å². The molecule has 2 bridgehead atoms. The van der Waals surface area contributed by atoms with Crippen molar-refractivity contribution in [2.45, 2.75) is 231 Å². The maximum absolute atomic E-state index is 15.4. The highest BCUT2D eigenvalue weighted by Gasteiger charge is 2.47. The Balaban J connectivity index is 0.947. The lowest BCUT2D eigenvalue weighted by molar-refractivity contribution is -0.143. The van der Waals surface area contributed by atoms with Crippen LogP contribution in [0.4, 0.5) is 8.78 Å². The quantitative estimate of drug-likeness (QED) is 0.0993. The van der Waals surface area contributed by atoms with Crippen molar-refractivity contribution in [3.63, 3.8) is 0 Å². The third-order valence-corrected chi connectivity index (χ3v) is 24.6. The van der Waals surface area contributed by atoms with Crippen LogP contribution in [0.5, 0.6) is 5.75 Å². The van der Waals surface area contributed by atoms with Crippen LogP contribution in [0.1, 0.15) is 146 Å². The minimum Gasteiger partial charge on any atom is -0.490 e. The number of carbonyl (C=O) groups is 11. The van der Waals surface area contributed by atoms with E-state index in [9.17, 15) is 33.9 Å². The van der Waals surface area contributed by atoms with E-state index in [1.165, 1.54) is 28.4 Å². The number of fused-ring (bicyclic) bond motifs is 5. The molecular weight excluding hydrogens is 1410 g/mol. The van der Waals surface area contributed by atoms with Crippen LogP contribution in [-0.4, -0.2) is 217 Å². The van der Waals surface area contributed by atoms with E-state index in [4.69, 9.17) is 16.2 Å². The zero-order valence-electron chi connectivity index (χ0n) is 60.3. The lowest BCUT2D eigenvalue weighted by atomic mass is 9.76. The van der Waals surface area contributed by atoms with Crippen LogP contribution in [0.15, 0.2) is 54.6 Å². The average molecular weight is 1520 g/mol. The molecule has 0 aromatic heterocycles. The maximum Gasteiger partial charge on any atom is 0.305 e. The first-order valence-electron chi connectivity index (χ1n) is 38.2. The molecule has 10 rings (SSSR count). The summed E-state index contributed by atoms with van der Waals surface area (Å²) in [5.41, 5.74) is 13.6. The Labute approximate surface area is 626 Å². The van der Waals surface area contributed by atoms with E-state index in [1.54, 1.807) is 0 Å². The van der Waals surface area contributed by atoms with Gasteiger partial charge in [0.2, 0.25) is 59.1 Å². The van der Waals surface area contributed by atoms with Crippen molar-refractivity contribution in [1.82, 2.24) is 68.7 Å². The van der Waals surface area contributed by atoms with Crippen molar-refractivity contribution >= 4 is 88.6 Å². The topological polar surface area (TPSA) is 417 Å². The average Bonchev–Trinajstić information content (AvgIpc) is 1.62. The molecule has 9 unspecified atom stereocenters. The molecule has 5 heterocycles. The van der Waals surface area contributed by atoms with Crippen molar-refractivity contribution < 1.29 is 71.4 Å². The molecular formula is C74H109F2N15O13S2. The number of hydrogen-bond donors (Lipinski definition) is 15. The smallest absolute Gasteiger partial charge is 0.305 e. The van der Waals surface area contributed by atoms with Gasteiger partial charge in [-0.25, -0.2) is 8.78 Å². The van der Waals surface area contributed by atoms with Gasteiger partial charge in [-0.3, -0.25) is 52.7 Å². The van der Waals surface area contributed by atoms with Crippen molar-refractivity contribution in [3.8, 4) is 5.75 Å². The van der Waals surface area contributed by atoms with Crippen LogP contribution in [-0.2, 0) is 64.2 Å². The molecule has 0 radical (unpaired) electrons. The summed E-state index contributed by atoms with van der Waals surface area (Å²) in [5, 5.41) is 46.0. The van der Waals surface area contributed by atoms with Crippen molar-refractivity contribution in [2.75, 3.05) is 57.4 Å². The summed E-state index contributed by atoms with van der Waals surface area (Å²) in [6.07, 6.45) is 2.98. The van der Waals surface area contributed by atoms with E-state index in [2.05, 4.69) is 63.8 Å². The van der Waals surface area contributed by atoms with Gasteiger partial charge in [-0.15, -0.1) is 0 Å². The van der Waals surface area contributed by atoms with Gasteiger partial charge >= 0.3 is 5.97 Å². The molecule has 7 fully saturated rings.